The van der Waals surface area contributed by atoms with E-state index in [1.54, 1.807) is 0 Å². The van der Waals surface area contributed by atoms with Crippen molar-refractivity contribution >= 4 is 31.9 Å². The van der Waals surface area contributed by atoms with Crippen LogP contribution in [0.1, 0.15) is 26.3 Å². The molecule has 0 saturated heterocycles. The van der Waals surface area contributed by atoms with Gasteiger partial charge in [-0.2, -0.15) is 0 Å². The average Bonchev–Trinajstić information content (AvgIpc) is 2.34. The predicted octanol–water partition coefficient (Wildman–Crippen LogP) is 3.72. The molecule has 0 aromatic heterocycles. The number of hydrogen-bond acceptors (Lipinski definition) is 3. The molecule has 0 bridgehead atoms. The summed E-state index contributed by atoms with van der Waals surface area (Å²) >= 11 is 7.04. The van der Waals surface area contributed by atoms with Crippen LogP contribution in [-0.4, -0.2) is 24.4 Å². The third-order valence-corrected chi connectivity index (χ3v) is 4.09. The van der Waals surface area contributed by atoms with Gasteiger partial charge in [0.25, 0.3) is 0 Å². The van der Waals surface area contributed by atoms with E-state index in [0.717, 1.165) is 20.3 Å². The minimum atomic E-state index is 0.115. The number of nitrogens with one attached hydrogen (secondary N) is 1. The van der Waals surface area contributed by atoms with E-state index in [2.05, 4.69) is 51.0 Å². The van der Waals surface area contributed by atoms with E-state index in [0.29, 0.717) is 19.1 Å². The van der Waals surface area contributed by atoms with Crippen LogP contribution in [0.25, 0.3) is 0 Å². The summed E-state index contributed by atoms with van der Waals surface area (Å²) < 4.78 is 7.42. The second-order valence-corrected chi connectivity index (χ2v) is 6.44. The fourth-order valence-corrected chi connectivity index (χ4v) is 3.27. The first-order valence-corrected chi connectivity index (χ1v) is 8.03. The van der Waals surface area contributed by atoms with Gasteiger partial charge in [-0.3, -0.25) is 0 Å². The van der Waals surface area contributed by atoms with Crippen LogP contribution in [0.2, 0.25) is 0 Å². The molecule has 1 aromatic carbocycles. The molecule has 108 valence electrons. The Balaban J connectivity index is 2.75. The van der Waals surface area contributed by atoms with Crippen LogP contribution in [-0.2, 0) is 6.54 Å². The first kappa shape index (κ1) is 17.0. The van der Waals surface area contributed by atoms with Gasteiger partial charge in [0, 0.05) is 12.6 Å². The van der Waals surface area contributed by atoms with Crippen molar-refractivity contribution in [1.29, 1.82) is 0 Å². The van der Waals surface area contributed by atoms with E-state index in [1.165, 1.54) is 0 Å². The van der Waals surface area contributed by atoms with E-state index in [4.69, 9.17) is 4.74 Å². The Morgan fingerprint density at radius 2 is 1.84 bits per heavy atom. The molecular weight excluding hydrogens is 374 g/mol. The first-order valence-electron chi connectivity index (χ1n) is 6.44. The number of ether oxygens (including phenoxy) is 1. The zero-order valence-electron chi connectivity index (χ0n) is 11.5. The van der Waals surface area contributed by atoms with Crippen LogP contribution < -0.4 is 10.1 Å². The molecule has 0 heterocycles. The minimum absolute atomic E-state index is 0.115. The van der Waals surface area contributed by atoms with Crippen LogP contribution in [0.5, 0.6) is 5.75 Å². The van der Waals surface area contributed by atoms with Gasteiger partial charge in [0.1, 0.15) is 5.75 Å². The molecule has 19 heavy (non-hydrogen) atoms. The van der Waals surface area contributed by atoms with Crippen molar-refractivity contribution in [2.24, 2.45) is 5.92 Å². The lowest BCUT2D eigenvalue weighted by molar-refractivity contribution is 0.210. The summed E-state index contributed by atoms with van der Waals surface area (Å²) in [6, 6.07) is 4.19. The predicted molar refractivity (Wildman–Crippen MR) is 85.6 cm³/mol. The number of benzene rings is 1. The summed E-state index contributed by atoms with van der Waals surface area (Å²) in [5.41, 5.74) is 1.14. The Kier molecular flexibility index (Phi) is 7.36. The molecule has 0 amide bonds. The largest absolute Gasteiger partial charge is 0.492 e. The molecule has 1 atom stereocenters. The standard InChI is InChI=1S/C14H21Br2NO2/c1-4-19-14-11(15)5-10(6-12(14)16)7-17-13(8-18)9(2)3/h5-6,9,13,17-18H,4,7-8H2,1-3H3. The highest BCUT2D eigenvalue weighted by molar-refractivity contribution is 9.11. The van der Waals surface area contributed by atoms with Crippen LogP contribution in [0.3, 0.4) is 0 Å². The molecule has 0 fully saturated rings. The lowest BCUT2D eigenvalue weighted by Gasteiger charge is -2.20. The Bertz CT molecular complexity index is 387. The van der Waals surface area contributed by atoms with Crippen LogP contribution >= 0.6 is 31.9 Å². The van der Waals surface area contributed by atoms with Gasteiger partial charge in [0.05, 0.1) is 22.2 Å². The molecule has 5 heteroatoms. The highest BCUT2D eigenvalue weighted by atomic mass is 79.9. The minimum Gasteiger partial charge on any atom is -0.492 e. The maximum Gasteiger partial charge on any atom is 0.147 e. The molecule has 1 unspecified atom stereocenters. The Morgan fingerprint density at radius 3 is 2.26 bits per heavy atom. The van der Waals surface area contributed by atoms with Gasteiger partial charge in [0.15, 0.2) is 0 Å². The van der Waals surface area contributed by atoms with Crippen molar-refractivity contribution in [2.75, 3.05) is 13.2 Å². The lowest BCUT2D eigenvalue weighted by atomic mass is 10.1. The summed E-state index contributed by atoms with van der Waals surface area (Å²) in [7, 11) is 0. The second-order valence-electron chi connectivity index (χ2n) is 4.74. The lowest BCUT2D eigenvalue weighted by Crippen LogP contribution is -2.36. The third kappa shape index (κ3) is 5.06. The number of hydrogen-bond donors (Lipinski definition) is 2. The zero-order chi connectivity index (χ0) is 14.4. The molecule has 0 radical (unpaired) electrons. The molecule has 1 rings (SSSR count). The molecule has 3 nitrogen and oxygen atoms in total. The van der Waals surface area contributed by atoms with Gasteiger partial charge in [-0.05, 0) is 62.4 Å². The summed E-state index contributed by atoms with van der Waals surface area (Å²) in [6.07, 6.45) is 0. The topological polar surface area (TPSA) is 41.5 Å². The quantitative estimate of drug-likeness (QED) is 0.740. The number of rotatable bonds is 7. The molecule has 0 aliphatic heterocycles. The van der Waals surface area contributed by atoms with Crippen molar-refractivity contribution in [3.63, 3.8) is 0 Å². The third-order valence-electron chi connectivity index (χ3n) is 2.92. The highest BCUT2D eigenvalue weighted by Crippen LogP contribution is 2.34. The molecule has 0 aliphatic carbocycles. The Morgan fingerprint density at radius 1 is 1.26 bits per heavy atom. The number of aliphatic hydroxyl groups excluding tert-OH is 1. The monoisotopic (exact) mass is 393 g/mol. The summed E-state index contributed by atoms with van der Waals surface area (Å²) in [5.74, 6) is 1.23. The molecule has 2 N–H and O–H groups in total. The number of aliphatic hydroxyl groups is 1. The van der Waals surface area contributed by atoms with Crippen molar-refractivity contribution in [1.82, 2.24) is 5.32 Å². The molecule has 0 aliphatic rings. The van der Waals surface area contributed by atoms with Crippen molar-refractivity contribution in [2.45, 2.75) is 33.4 Å². The molecule has 1 aromatic rings. The Hall–Kier alpha value is -0.100. The van der Waals surface area contributed by atoms with Gasteiger partial charge in [-0.15, -0.1) is 0 Å². The average molecular weight is 395 g/mol. The van der Waals surface area contributed by atoms with E-state index < -0.39 is 0 Å². The van der Waals surface area contributed by atoms with Crippen LogP contribution in [0.4, 0.5) is 0 Å². The van der Waals surface area contributed by atoms with E-state index in [-0.39, 0.29) is 12.6 Å². The summed E-state index contributed by atoms with van der Waals surface area (Å²) in [4.78, 5) is 0. The van der Waals surface area contributed by atoms with Crippen molar-refractivity contribution in [3.05, 3.63) is 26.6 Å². The molecule has 0 saturated carbocycles. The zero-order valence-corrected chi connectivity index (χ0v) is 14.7. The fourth-order valence-electron chi connectivity index (χ4n) is 1.76. The summed E-state index contributed by atoms with van der Waals surface area (Å²) in [6.45, 7) is 7.65. The fraction of sp³-hybridized carbons (Fsp3) is 0.571. The molecular formula is C14H21Br2NO2. The van der Waals surface area contributed by atoms with Crippen LogP contribution in [0, 0.1) is 5.92 Å². The SMILES string of the molecule is CCOc1c(Br)cc(CNC(CO)C(C)C)cc1Br. The number of halogens is 2. The Labute approximate surface area is 132 Å². The maximum atomic E-state index is 9.30. The normalized spacial score (nSPS) is 12.8. The van der Waals surface area contributed by atoms with E-state index >= 15 is 0 Å². The van der Waals surface area contributed by atoms with E-state index in [9.17, 15) is 5.11 Å². The summed E-state index contributed by atoms with van der Waals surface area (Å²) in [5, 5.41) is 12.7. The van der Waals surface area contributed by atoms with Gasteiger partial charge >= 0.3 is 0 Å². The van der Waals surface area contributed by atoms with Crippen molar-refractivity contribution < 1.29 is 9.84 Å². The second kappa shape index (κ2) is 8.25. The van der Waals surface area contributed by atoms with Gasteiger partial charge in [-0.1, -0.05) is 13.8 Å². The van der Waals surface area contributed by atoms with Gasteiger partial charge in [-0.25, -0.2) is 0 Å². The maximum absolute atomic E-state index is 9.30. The first-order chi connectivity index (χ1) is 8.99. The van der Waals surface area contributed by atoms with E-state index in [1.807, 2.05) is 19.1 Å². The van der Waals surface area contributed by atoms with Crippen molar-refractivity contribution in [3.8, 4) is 5.75 Å². The van der Waals surface area contributed by atoms with Gasteiger partial charge < -0.3 is 15.2 Å². The smallest absolute Gasteiger partial charge is 0.147 e. The highest BCUT2D eigenvalue weighted by Gasteiger charge is 2.13. The molecule has 0 spiro atoms. The van der Waals surface area contributed by atoms with Crippen LogP contribution in [0.15, 0.2) is 21.1 Å². The van der Waals surface area contributed by atoms with Gasteiger partial charge in [0.2, 0.25) is 0 Å².